The van der Waals surface area contributed by atoms with E-state index in [1.165, 1.54) is 12.1 Å². The number of nitrogen functional groups attached to an aromatic ring is 1. The van der Waals surface area contributed by atoms with Crippen LogP contribution in [0.5, 0.6) is 0 Å². The Morgan fingerprint density at radius 2 is 1.65 bits per heavy atom. The smallest absolute Gasteiger partial charge is 0.151 e. The summed E-state index contributed by atoms with van der Waals surface area (Å²) in [5, 5.41) is 0. The van der Waals surface area contributed by atoms with Gasteiger partial charge in [0, 0.05) is 29.3 Å². The number of anilines is 2. The quantitative estimate of drug-likeness (QED) is 0.783. The maximum atomic E-state index is 13.9. The van der Waals surface area contributed by atoms with Crippen LogP contribution in [0.15, 0.2) is 12.1 Å². The molecule has 2 aliphatic heterocycles. The molecule has 0 amide bonds. The molecule has 2 heterocycles. The molecular weight excluding hydrogens is 242 g/mol. The van der Waals surface area contributed by atoms with Gasteiger partial charge in [0.25, 0.3) is 0 Å². The second kappa shape index (κ2) is 4.05. The first-order valence-corrected chi connectivity index (χ1v) is 6.93. The SMILES string of the molecule is Nc1cc(F)c(N2C3CCC2CSC3)c(F)c1. The zero-order valence-corrected chi connectivity index (χ0v) is 10.1. The number of rotatable bonds is 1. The van der Waals surface area contributed by atoms with Crippen molar-refractivity contribution in [2.24, 2.45) is 0 Å². The third-order valence-electron chi connectivity index (χ3n) is 3.54. The average Bonchev–Trinajstić information content (AvgIpc) is 2.50. The first kappa shape index (κ1) is 11.1. The molecule has 1 aromatic carbocycles. The Labute approximate surface area is 103 Å². The molecule has 92 valence electrons. The number of fused-ring (bicyclic) bond motifs is 2. The van der Waals surface area contributed by atoms with Gasteiger partial charge < -0.3 is 10.6 Å². The van der Waals surface area contributed by atoms with Gasteiger partial charge in [0.2, 0.25) is 0 Å². The van der Waals surface area contributed by atoms with Crippen LogP contribution in [0, 0.1) is 11.6 Å². The number of nitrogens with zero attached hydrogens (tertiary/aromatic N) is 1. The summed E-state index contributed by atoms with van der Waals surface area (Å²) in [4.78, 5) is 1.93. The van der Waals surface area contributed by atoms with Crippen LogP contribution in [0.3, 0.4) is 0 Å². The van der Waals surface area contributed by atoms with Crippen molar-refractivity contribution >= 4 is 23.1 Å². The standard InChI is InChI=1S/C12H14F2N2S/c13-10-3-7(15)4-11(14)12(10)16-8-1-2-9(16)6-17-5-8/h3-4,8-9H,1-2,5-6,15H2. The zero-order chi connectivity index (χ0) is 12.0. The van der Waals surface area contributed by atoms with Gasteiger partial charge in [-0.25, -0.2) is 8.78 Å². The third kappa shape index (κ3) is 1.76. The molecule has 0 aliphatic carbocycles. The number of hydrogen-bond donors (Lipinski definition) is 1. The van der Waals surface area contributed by atoms with Gasteiger partial charge in [-0.2, -0.15) is 11.8 Å². The number of thioether (sulfide) groups is 1. The minimum Gasteiger partial charge on any atom is -0.399 e. The van der Waals surface area contributed by atoms with Crippen molar-refractivity contribution in [2.45, 2.75) is 24.9 Å². The Morgan fingerprint density at radius 3 is 2.18 bits per heavy atom. The van der Waals surface area contributed by atoms with E-state index in [1.807, 2.05) is 16.7 Å². The summed E-state index contributed by atoms with van der Waals surface area (Å²) in [6.07, 6.45) is 2.06. The van der Waals surface area contributed by atoms with Gasteiger partial charge in [-0.05, 0) is 25.0 Å². The van der Waals surface area contributed by atoms with E-state index in [9.17, 15) is 8.78 Å². The molecule has 2 fully saturated rings. The lowest BCUT2D eigenvalue weighted by Crippen LogP contribution is -2.43. The first-order valence-electron chi connectivity index (χ1n) is 5.77. The van der Waals surface area contributed by atoms with Crippen molar-refractivity contribution in [1.82, 2.24) is 0 Å². The lowest BCUT2D eigenvalue weighted by Gasteiger charge is -2.36. The van der Waals surface area contributed by atoms with Gasteiger partial charge >= 0.3 is 0 Å². The fourth-order valence-corrected chi connectivity index (χ4v) is 4.16. The molecule has 2 aliphatic rings. The molecule has 0 aromatic heterocycles. The van der Waals surface area contributed by atoms with Crippen LogP contribution in [-0.2, 0) is 0 Å². The van der Waals surface area contributed by atoms with Crippen LogP contribution in [0.1, 0.15) is 12.8 Å². The highest BCUT2D eigenvalue weighted by Crippen LogP contribution is 2.40. The number of halogens is 2. The predicted molar refractivity (Wildman–Crippen MR) is 67.4 cm³/mol. The highest BCUT2D eigenvalue weighted by atomic mass is 32.2. The van der Waals surface area contributed by atoms with Crippen molar-refractivity contribution in [2.75, 3.05) is 22.1 Å². The van der Waals surface area contributed by atoms with E-state index in [-0.39, 0.29) is 23.5 Å². The molecule has 0 radical (unpaired) electrons. The second-order valence-corrected chi connectivity index (χ2v) is 5.74. The molecule has 5 heteroatoms. The molecule has 2 bridgehead atoms. The summed E-state index contributed by atoms with van der Waals surface area (Å²) < 4.78 is 27.8. The zero-order valence-electron chi connectivity index (χ0n) is 9.33. The summed E-state index contributed by atoms with van der Waals surface area (Å²) >= 11 is 1.88. The Hall–Kier alpha value is -0.970. The van der Waals surface area contributed by atoms with Crippen molar-refractivity contribution in [3.8, 4) is 0 Å². The molecule has 1 aromatic rings. The Bertz CT molecular complexity index is 413. The van der Waals surface area contributed by atoms with E-state index in [1.54, 1.807) is 0 Å². The maximum Gasteiger partial charge on any atom is 0.151 e. The Balaban J connectivity index is 2.04. The summed E-state index contributed by atoms with van der Waals surface area (Å²) in [6, 6.07) is 2.96. The minimum absolute atomic E-state index is 0.118. The lowest BCUT2D eigenvalue weighted by molar-refractivity contribution is 0.555. The second-order valence-electron chi connectivity index (χ2n) is 4.66. The number of benzene rings is 1. The van der Waals surface area contributed by atoms with Gasteiger partial charge in [-0.3, -0.25) is 0 Å². The fourth-order valence-electron chi connectivity index (χ4n) is 2.83. The molecule has 0 spiro atoms. The molecule has 2 unspecified atom stereocenters. The topological polar surface area (TPSA) is 29.3 Å². The van der Waals surface area contributed by atoms with Crippen LogP contribution in [0.4, 0.5) is 20.2 Å². The molecule has 17 heavy (non-hydrogen) atoms. The van der Waals surface area contributed by atoms with E-state index in [0.717, 1.165) is 24.3 Å². The lowest BCUT2D eigenvalue weighted by atomic mass is 10.2. The van der Waals surface area contributed by atoms with Gasteiger partial charge in [-0.15, -0.1) is 0 Å². The molecule has 2 nitrogen and oxygen atoms in total. The number of nitrogens with two attached hydrogens (primary N) is 1. The van der Waals surface area contributed by atoms with Crippen molar-refractivity contribution in [1.29, 1.82) is 0 Å². The van der Waals surface area contributed by atoms with Crippen LogP contribution in [0.2, 0.25) is 0 Å². The molecule has 2 saturated heterocycles. The predicted octanol–water partition coefficient (Wildman–Crippen LogP) is 2.63. The first-order chi connectivity index (χ1) is 8.16. The molecular formula is C12H14F2N2S. The largest absolute Gasteiger partial charge is 0.399 e. The summed E-state index contributed by atoms with van der Waals surface area (Å²) in [5.74, 6) is 0.845. The highest BCUT2D eigenvalue weighted by Gasteiger charge is 2.39. The van der Waals surface area contributed by atoms with E-state index in [4.69, 9.17) is 5.73 Å². The van der Waals surface area contributed by atoms with Gasteiger partial charge in [0.1, 0.15) is 5.69 Å². The summed E-state index contributed by atoms with van der Waals surface area (Å²) in [7, 11) is 0. The van der Waals surface area contributed by atoms with Crippen LogP contribution in [-0.4, -0.2) is 23.6 Å². The normalized spacial score (nSPS) is 27.5. The van der Waals surface area contributed by atoms with E-state index in [2.05, 4.69) is 0 Å². The molecule has 0 saturated carbocycles. The molecule has 2 atom stereocenters. The van der Waals surface area contributed by atoms with E-state index in [0.29, 0.717) is 0 Å². The van der Waals surface area contributed by atoms with Crippen molar-refractivity contribution in [3.05, 3.63) is 23.8 Å². The molecule has 2 N–H and O–H groups in total. The monoisotopic (exact) mass is 256 g/mol. The van der Waals surface area contributed by atoms with Crippen LogP contribution >= 0.6 is 11.8 Å². The van der Waals surface area contributed by atoms with Crippen molar-refractivity contribution < 1.29 is 8.78 Å². The van der Waals surface area contributed by atoms with Crippen LogP contribution in [0.25, 0.3) is 0 Å². The minimum atomic E-state index is -0.536. The summed E-state index contributed by atoms with van der Waals surface area (Å²) in [5.41, 5.74) is 5.70. The number of hydrogen-bond acceptors (Lipinski definition) is 3. The van der Waals surface area contributed by atoms with Gasteiger partial charge in [-0.1, -0.05) is 0 Å². The Kier molecular flexibility index (Phi) is 2.65. The van der Waals surface area contributed by atoms with Gasteiger partial charge in [0.15, 0.2) is 11.6 Å². The summed E-state index contributed by atoms with van der Waals surface area (Å²) in [6.45, 7) is 0. The maximum absolute atomic E-state index is 13.9. The highest BCUT2D eigenvalue weighted by molar-refractivity contribution is 7.99. The van der Waals surface area contributed by atoms with E-state index < -0.39 is 11.6 Å². The average molecular weight is 256 g/mol. The molecule has 3 rings (SSSR count). The van der Waals surface area contributed by atoms with Crippen molar-refractivity contribution in [3.63, 3.8) is 0 Å². The Morgan fingerprint density at radius 1 is 1.12 bits per heavy atom. The van der Waals surface area contributed by atoms with Crippen LogP contribution < -0.4 is 10.6 Å². The van der Waals surface area contributed by atoms with E-state index >= 15 is 0 Å². The third-order valence-corrected chi connectivity index (χ3v) is 4.78. The van der Waals surface area contributed by atoms with Gasteiger partial charge in [0.05, 0.1) is 0 Å². The fraction of sp³-hybridized carbons (Fsp3) is 0.500.